The summed E-state index contributed by atoms with van der Waals surface area (Å²) in [5.41, 5.74) is 1.07. The highest BCUT2D eigenvalue weighted by molar-refractivity contribution is 5.97. The molecule has 1 fully saturated rings. The Bertz CT molecular complexity index is 711. The number of para-hydroxylation sites is 1. The molecule has 0 spiro atoms. The van der Waals surface area contributed by atoms with Gasteiger partial charge in [0.2, 0.25) is 0 Å². The molecule has 20 heavy (non-hydrogen) atoms. The van der Waals surface area contributed by atoms with Crippen molar-refractivity contribution in [3.8, 4) is 0 Å². The van der Waals surface area contributed by atoms with E-state index in [0.717, 1.165) is 43.3 Å². The zero-order valence-corrected chi connectivity index (χ0v) is 11.5. The van der Waals surface area contributed by atoms with Crippen molar-refractivity contribution in [3.05, 3.63) is 45.8 Å². The third kappa shape index (κ3) is 2.22. The van der Waals surface area contributed by atoms with Crippen LogP contribution in [0.4, 0.5) is 0 Å². The van der Waals surface area contributed by atoms with Gasteiger partial charge in [-0.2, -0.15) is 0 Å². The van der Waals surface area contributed by atoms with E-state index in [1.807, 2.05) is 25.1 Å². The number of aryl methyl sites for hydroxylation is 1. The van der Waals surface area contributed by atoms with Crippen LogP contribution in [0, 0.1) is 6.92 Å². The number of carbonyl (C=O) groups excluding carboxylic acids is 1. The molecule has 0 unspecified atom stereocenters. The van der Waals surface area contributed by atoms with Crippen molar-refractivity contribution in [2.75, 3.05) is 13.1 Å². The van der Waals surface area contributed by atoms with Crippen LogP contribution in [-0.4, -0.2) is 23.9 Å². The minimum Gasteiger partial charge on any atom is -0.422 e. The van der Waals surface area contributed by atoms with Gasteiger partial charge in [0.1, 0.15) is 11.1 Å². The van der Waals surface area contributed by atoms with Crippen molar-refractivity contribution in [1.82, 2.24) is 4.90 Å². The molecule has 0 radical (unpaired) electrons. The highest BCUT2D eigenvalue weighted by Gasteiger charge is 2.22. The van der Waals surface area contributed by atoms with Gasteiger partial charge in [0.05, 0.1) is 0 Å². The second-order valence-corrected chi connectivity index (χ2v) is 5.29. The predicted molar refractivity (Wildman–Crippen MR) is 77.0 cm³/mol. The topological polar surface area (TPSA) is 50.5 Å². The van der Waals surface area contributed by atoms with Gasteiger partial charge in [0.15, 0.2) is 0 Å². The van der Waals surface area contributed by atoms with Crippen LogP contribution in [0.25, 0.3) is 11.0 Å². The van der Waals surface area contributed by atoms with Gasteiger partial charge in [-0.3, -0.25) is 4.79 Å². The first-order valence-electron chi connectivity index (χ1n) is 6.99. The number of hydrogen-bond donors (Lipinski definition) is 0. The van der Waals surface area contributed by atoms with E-state index in [1.165, 1.54) is 0 Å². The molecular weight excluding hydrogens is 254 g/mol. The van der Waals surface area contributed by atoms with Crippen molar-refractivity contribution < 1.29 is 9.21 Å². The summed E-state index contributed by atoms with van der Waals surface area (Å²) in [6, 6.07) is 7.30. The molecule has 0 bridgehead atoms. The fourth-order valence-corrected chi connectivity index (χ4v) is 2.71. The van der Waals surface area contributed by atoms with Crippen LogP contribution in [0.5, 0.6) is 0 Å². The minimum absolute atomic E-state index is 0.144. The maximum atomic E-state index is 12.4. The van der Waals surface area contributed by atoms with E-state index in [-0.39, 0.29) is 11.5 Å². The number of hydrogen-bond acceptors (Lipinski definition) is 3. The van der Waals surface area contributed by atoms with Gasteiger partial charge in [0, 0.05) is 18.5 Å². The Morgan fingerprint density at radius 1 is 1.20 bits per heavy atom. The molecule has 104 valence electrons. The Balaban J connectivity index is 2.05. The normalized spacial score (nSPS) is 15.6. The molecule has 0 atom stereocenters. The molecule has 2 aromatic rings. The van der Waals surface area contributed by atoms with E-state index in [1.54, 1.807) is 11.0 Å². The molecule has 4 nitrogen and oxygen atoms in total. The summed E-state index contributed by atoms with van der Waals surface area (Å²) in [7, 11) is 0. The van der Waals surface area contributed by atoms with Crippen LogP contribution >= 0.6 is 0 Å². The van der Waals surface area contributed by atoms with Crippen LogP contribution in [0.15, 0.2) is 33.5 Å². The number of rotatable bonds is 1. The van der Waals surface area contributed by atoms with Crippen molar-refractivity contribution >= 4 is 16.9 Å². The number of benzene rings is 1. The van der Waals surface area contributed by atoms with E-state index in [9.17, 15) is 9.59 Å². The first kappa shape index (κ1) is 12.9. The van der Waals surface area contributed by atoms with Gasteiger partial charge < -0.3 is 9.32 Å². The molecule has 0 aliphatic carbocycles. The monoisotopic (exact) mass is 271 g/mol. The minimum atomic E-state index is -0.539. The van der Waals surface area contributed by atoms with Gasteiger partial charge in [-0.1, -0.05) is 18.2 Å². The standard InChI is InChI=1S/C16H17NO3/c1-11-6-5-7-12-10-13(16(19)20-14(11)12)15(18)17-8-3-2-4-9-17/h5-7,10H,2-4,8-9H2,1H3. The van der Waals surface area contributed by atoms with E-state index in [2.05, 4.69) is 0 Å². The molecule has 3 rings (SSSR count). The molecule has 1 aromatic carbocycles. The van der Waals surface area contributed by atoms with Crippen LogP contribution in [0.1, 0.15) is 35.2 Å². The van der Waals surface area contributed by atoms with Crippen LogP contribution in [0.3, 0.4) is 0 Å². The number of piperidine rings is 1. The summed E-state index contributed by atoms with van der Waals surface area (Å²) in [6.45, 7) is 3.34. The first-order chi connectivity index (χ1) is 9.66. The van der Waals surface area contributed by atoms with Gasteiger partial charge in [-0.15, -0.1) is 0 Å². The zero-order valence-electron chi connectivity index (χ0n) is 11.5. The maximum absolute atomic E-state index is 12.4. The average molecular weight is 271 g/mol. The lowest BCUT2D eigenvalue weighted by Crippen LogP contribution is -2.37. The van der Waals surface area contributed by atoms with E-state index in [0.29, 0.717) is 5.58 Å². The van der Waals surface area contributed by atoms with Gasteiger partial charge in [-0.05, 0) is 37.8 Å². The second kappa shape index (κ2) is 5.12. The number of likely N-dealkylation sites (tertiary alicyclic amines) is 1. The molecule has 1 aliphatic heterocycles. The third-order valence-corrected chi connectivity index (χ3v) is 3.83. The number of amides is 1. The van der Waals surface area contributed by atoms with Gasteiger partial charge in [-0.25, -0.2) is 4.79 Å². The smallest absolute Gasteiger partial charge is 0.349 e. The molecule has 1 aliphatic rings. The second-order valence-electron chi connectivity index (χ2n) is 5.29. The SMILES string of the molecule is Cc1cccc2cc(C(=O)N3CCCCC3)c(=O)oc12. The summed E-state index contributed by atoms with van der Waals surface area (Å²) < 4.78 is 5.33. The summed E-state index contributed by atoms with van der Waals surface area (Å²) in [5, 5.41) is 0.796. The Morgan fingerprint density at radius 3 is 2.70 bits per heavy atom. The largest absolute Gasteiger partial charge is 0.422 e. The lowest BCUT2D eigenvalue weighted by molar-refractivity contribution is 0.0720. The van der Waals surface area contributed by atoms with Crippen LogP contribution in [0.2, 0.25) is 0 Å². The van der Waals surface area contributed by atoms with E-state index >= 15 is 0 Å². The number of carbonyl (C=O) groups is 1. The summed E-state index contributed by atoms with van der Waals surface area (Å²) in [5.74, 6) is -0.207. The highest BCUT2D eigenvalue weighted by atomic mass is 16.4. The quantitative estimate of drug-likeness (QED) is 0.749. The van der Waals surface area contributed by atoms with Crippen LogP contribution < -0.4 is 5.63 Å². The lowest BCUT2D eigenvalue weighted by Gasteiger charge is -2.26. The van der Waals surface area contributed by atoms with Crippen molar-refractivity contribution in [2.24, 2.45) is 0 Å². The Hall–Kier alpha value is -2.10. The van der Waals surface area contributed by atoms with Gasteiger partial charge >= 0.3 is 5.63 Å². The molecule has 1 amide bonds. The molecular formula is C16H17NO3. The number of fused-ring (bicyclic) bond motifs is 1. The Morgan fingerprint density at radius 2 is 1.95 bits per heavy atom. The molecule has 1 aromatic heterocycles. The zero-order chi connectivity index (χ0) is 14.1. The summed E-state index contributed by atoms with van der Waals surface area (Å²) in [4.78, 5) is 26.2. The molecule has 1 saturated heterocycles. The van der Waals surface area contributed by atoms with Crippen molar-refractivity contribution in [1.29, 1.82) is 0 Å². The van der Waals surface area contributed by atoms with E-state index in [4.69, 9.17) is 4.42 Å². The number of nitrogens with zero attached hydrogens (tertiary/aromatic N) is 1. The Labute approximate surface area is 117 Å². The van der Waals surface area contributed by atoms with Gasteiger partial charge in [0.25, 0.3) is 5.91 Å². The summed E-state index contributed by atoms with van der Waals surface area (Å²) in [6.07, 6.45) is 3.16. The average Bonchev–Trinajstić information content (AvgIpc) is 2.48. The summed E-state index contributed by atoms with van der Waals surface area (Å²) >= 11 is 0. The molecule has 0 saturated carbocycles. The fourth-order valence-electron chi connectivity index (χ4n) is 2.71. The fraction of sp³-hybridized carbons (Fsp3) is 0.375. The molecule has 4 heteroatoms. The van der Waals surface area contributed by atoms with Crippen molar-refractivity contribution in [3.63, 3.8) is 0 Å². The highest BCUT2D eigenvalue weighted by Crippen LogP contribution is 2.19. The van der Waals surface area contributed by atoms with Crippen LogP contribution in [-0.2, 0) is 0 Å². The molecule has 2 heterocycles. The first-order valence-corrected chi connectivity index (χ1v) is 6.99. The van der Waals surface area contributed by atoms with Crippen molar-refractivity contribution in [2.45, 2.75) is 26.2 Å². The predicted octanol–water partition coefficient (Wildman–Crippen LogP) is 2.73. The third-order valence-electron chi connectivity index (χ3n) is 3.83. The Kier molecular flexibility index (Phi) is 3.30. The molecule has 0 N–H and O–H groups in total. The lowest BCUT2D eigenvalue weighted by atomic mass is 10.1. The van der Waals surface area contributed by atoms with E-state index < -0.39 is 5.63 Å². The maximum Gasteiger partial charge on any atom is 0.349 e.